The van der Waals surface area contributed by atoms with Crippen LogP contribution in [0.3, 0.4) is 0 Å². The molecule has 0 unspecified atom stereocenters. The van der Waals surface area contributed by atoms with Gasteiger partial charge in [-0.25, -0.2) is 4.39 Å². The molecule has 2 aromatic carbocycles. The van der Waals surface area contributed by atoms with Crippen molar-refractivity contribution in [2.75, 3.05) is 20.1 Å². The van der Waals surface area contributed by atoms with Gasteiger partial charge in [0.25, 0.3) is 0 Å². The Morgan fingerprint density at radius 3 is 2.43 bits per heavy atom. The maximum absolute atomic E-state index is 12.8. The molecule has 0 aliphatic carbocycles. The average molecular weight is 314 g/mol. The van der Waals surface area contributed by atoms with Crippen molar-refractivity contribution in [1.82, 2.24) is 10.2 Å². The molecule has 0 radical (unpaired) electrons. The first-order chi connectivity index (χ1) is 11.1. The van der Waals surface area contributed by atoms with Gasteiger partial charge >= 0.3 is 0 Å². The van der Waals surface area contributed by atoms with Crippen molar-refractivity contribution in [3.8, 4) is 0 Å². The topological polar surface area (TPSA) is 32.3 Å². The molecule has 23 heavy (non-hydrogen) atoms. The quantitative estimate of drug-likeness (QED) is 0.760. The lowest BCUT2D eigenvalue weighted by atomic mass is 10.1. The van der Waals surface area contributed by atoms with Gasteiger partial charge in [0.2, 0.25) is 5.91 Å². The Morgan fingerprint density at radius 1 is 1.04 bits per heavy atom. The largest absolute Gasteiger partial charge is 0.356 e. The van der Waals surface area contributed by atoms with Crippen molar-refractivity contribution in [3.05, 3.63) is 71.5 Å². The van der Waals surface area contributed by atoms with E-state index in [-0.39, 0.29) is 11.7 Å². The summed E-state index contributed by atoms with van der Waals surface area (Å²) in [6.45, 7) is 2.48. The van der Waals surface area contributed by atoms with Crippen LogP contribution in [0.15, 0.2) is 54.6 Å². The Kier molecular flexibility index (Phi) is 6.76. The lowest BCUT2D eigenvalue weighted by molar-refractivity contribution is -0.120. The monoisotopic (exact) mass is 314 g/mol. The Morgan fingerprint density at radius 2 is 1.74 bits per heavy atom. The van der Waals surface area contributed by atoms with Gasteiger partial charge in [-0.3, -0.25) is 4.79 Å². The lowest BCUT2D eigenvalue weighted by Gasteiger charge is -2.16. The third kappa shape index (κ3) is 6.61. The second kappa shape index (κ2) is 9.06. The molecule has 0 bridgehead atoms. The molecule has 1 N–H and O–H groups in total. The standard InChI is InChI=1S/C19H23FN2O/c1-22(15-17-6-3-2-4-7-17)13-5-12-21-19(23)14-16-8-10-18(20)11-9-16/h2-4,6-11H,5,12-15H2,1H3,(H,21,23). The molecule has 0 fully saturated rings. The molecule has 0 saturated carbocycles. The zero-order valence-corrected chi connectivity index (χ0v) is 13.5. The molecule has 0 aliphatic rings. The van der Waals surface area contributed by atoms with E-state index < -0.39 is 0 Å². The van der Waals surface area contributed by atoms with Crippen LogP contribution in [0.5, 0.6) is 0 Å². The molecule has 3 nitrogen and oxygen atoms in total. The van der Waals surface area contributed by atoms with Crippen molar-refractivity contribution in [2.45, 2.75) is 19.4 Å². The van der Waals surface area contributed by atoms with Gasteiger partial charge in [-0.2, -0.15) is 0 Å². The van der Waals surface area contributed by atoms with E-state index in [4.69, 9.17) is 0 Å². The summed E-state index contributed by atoms with van der Waals surface area (Å²) in [5, 5.41) is 2.91. The summed E-state index contributed by atoms with van der Waals surface area (Å²) in [7, 11) is 2.08. The first-order valence-electron chi connectivity index (χ1n) is 7.87. The number of rotatable bonds is 8. The number of carbonyl (C=O) groups is 1. The number of benzene rings is 2. The first-order valence-corrected chi connectivity index (χ1v) is 7.87. The molecule has 0 atom stereocenters. The highest BCUT2D eigenvalue weighted by molar-refractivity contribution is 5.78. The number of carbonyl (C=O) groups excluding carboxylic acids is 1. The summed E-state index contributed by atoms with van der Waals surface area (Å²) >= 11 is 0. The van der Waals surface area contributed by atoms with Gasteiger partial charge in [-0.05, 0) is 43.3 Å². The third-order valence-electron chi connectivity index (χ3n) is 3.61. The molecule has 0 saturated heterocycles. The minimum atomic E-state index is -0.282. The zero-order chi connectivity index (χ0) is 16.5. The first kappa shape index (κ1) is 17.2. The van der Waals surface area contributed by atoms with Crippen LogP contribution < -0.4 is 5.32 Å². The van der Waals surface area contributed by atoms with Crippen molar-refractivity contribution in [1.29, 1.82) is 0 Å². The Labute approximate surface area is 137 Å². The van der Waals surface area contributed by atoms with Gasteiger partial charge in [0, 0.05) is 13.1 Å². The van der Waals surface area contributed by atoms with E-state index in [0.29, 0.717) is 13.0 Å². The highest BCUT2D eigenvalue weighted by atomic mass is 19.1. The van der Waals surface area contributed by atoms with Crippen LogP contribution in [0.4, 0.5) is 4.39 Å². The van der Waals surface area contributed by atoms with Gasteiger partial charge < -0.3 is 10.2 Å². The van der Waals surface area contributed by atoms with Crippen LogP contribution in [0.25, 0.3) is 0 Å². The average Bonchev–Trinajstić information content (AvgIpc) is 2.55. The summed E-state index contributed by atoms with van der Waals surface area (Å²) in [4.78, 5) is 14.1. The van der Waals surface area contributed by atoms with Crippen LogP contribution in [0.1, 0.15) is 17.5 Å². The molecule has 0 aromatic heterocycles. The predicted octanol–water partition coefficient (Wildman–Crippen LogP) is 3.01. The van der Waals surface area contributed by atoms with Crippen LogP contribution in [-0.2, 0) is 17.8 Å². The summed E-state index contributed by atoms with van der Waals surface area (Å²) in [6, 6.07) is 16.4. The van der Waals surface area contributed by atoms with Crippen molar-refractivity contribution in [3.63, 3.8) is 0 Å². The van der Waals surface area contributed by atoms with Gasteiger partial charge in [0.05, 0.1) is 6.42 Å². The number of halogens is 1. The van der Waals surface area contributed by atoms with Gasteiger partial charge in [-0.1, -0.05) is 42.5 Å². The Balaban J connectivity index is 1.61. The zero-order valence-electron chi connectivity index (χ0n) is 13.5. The van der Waals surface area contributed by atoms with E-state index in [9.17, 15) is 9.18 Å². The van der Waals surface area contributed by atoms with E-state index in [2.05, 4.69) is 29.4 Å². The van der Waals surface area contributed by atoms with Gasteiger partial charge in [0.1, 0.15) is 5.82 Å². The fourth-order valence-corrected chi connectivity index (χ4v) is 2.40. The maximum Gasteiger partial charge on any atom is 0.224 e. The lowest BCUT2D eigenvalue weighted by Crippen LogP contribution is -2.29. The van der Waals surface area contributed by atoms with Gasteiger partial charge in [-0.15, -0.1) is 0 Å². The van der Waals surface area contributed by atoms with E-state index in [1.165, 1.54) is 17.7 Å². The van der Waals surface area contributed by atoms with Gasteiger partial charge in [0.15, 0.2) is 0 Å². The van der Waals surface area contributed by atoms with Crippen LogP contribution in [0.2, 0.25) is 0 Å². The molecular formula is C19H23FN2O. The van der Waals surface area contributed by atoms with E-state index >= 15 is 0 Å². The number of amides is 1. The molecular weight excluding hydrogens is 291 g/mol. The predicted molar refractivity (Wildman–Crippen MR) is 90.5 cm³/mol. The number of nitrogens with one attached hydrogen (secondary N) is 1. The van der Waals surface area contributed by atoms with E-state index in [0.717, 1.165) is 25.1 Å². The summed E-state index contributed by atoms with van der Waals surface area (Å²) in [5.74, 6) is -0.307. The van der Waals surface area contributed by atoms with Crippen LogP contribution >= 0.6 is 0 Å². The number of nitrogens with zero attached hydrogens (tertiary/aromatic N) is 1. The third-order valence-corrected chi connectivity index (χ3v) is 3.61. The molecule has 2 rings (SSSR count). The van der Waals surface area contributed by atoms with Crippen molar-refractivity contribution < 1.29 is 9.18 Å². The molecule has 2 aromatic rings. The normalized spacial score (nSPS) is 10.7. The highest BCUT2D eigenvalue weighted by Gasteiger charge is 2.04. The van der Waals surface area contributed by atoms with E-state index in [1.807, 2.05) is 18.2 Å². The smallest absolute Gasteiger partial charge is 0.224 e. The van der Waals surface area contributed by atoms with Crippen molar-refractivity contribution in [2.24, 2.45) is 0 Å². The second-order valence-corrected chi connectivity index (χ2v) is 5.73. The fourth-order valence-electron chi connectivity index (χ4n) is 2.40. The molecule has 0 spiro atoms. The highest BCUT2D eigenvalue weighted by Crippen LogP contribution is 2.04. The summed E-state index contributed by atoms with van der Waals surface area (Å²) in [5.41, 5.74) is 2.11. The fraction of sp³-hybridized carbons (Fsp3) is 0.316. The molecule has 1 amide bonds. The molecule has 0 aliphatic heterocycles. The maximum atomic E-state index is 12.8. The molecule has 4 heteroatoms. The minimum Gasteiger partial charge on any atom is -0.356 e. The molecule has 0 heterocycles. The Hall–Kier alpha value is -2.20. The van der Waals surface area contributed by atoms with Crippen molar-refractivity contribution >= 4 is 5.91 Å². The molecule has 122 valence electrons. The summed E-state index contributed by atoms with van der Waals surface area (Å²) < 4.78 is 12.8. The van der Waals surface area contributed by atoms with Crippen LogP contribution in [-0.4, -0.2) is 30.9 Å². The Bertz CT molecular complexity index is 599. The SMILES string of the molecule is CN(CCCNC(=O)Cc1ccc(F)cc1)Cc1ccccc1. The minimum absolute atomic E-state index is 0.0256. The number of hydrogen-bond donors (Lipinski definition) is 1. The second-order valence-electron chi connectivity index (χ2n) is 5.73. The van der Waals surface area contributed by atoms with Crippen LogP contribution in [0, 0.1) is 5.82 Å². The number of hydrogen-bond acceptors (Lipinski definition) is 2. The summed E-state index contributed by atoms with van der Waals surface area (Å²) in [6.07, 6.45) is 1.19. The van der Waals surface area contributed by atoms with E-state index in [1.54, 1.807) is 12.1 Å².